The lowest BCUT2D eigenvalue weighted by Gasteiger charge is -2.30. The van der Waals surface area contributed by atoms with Crippen LogP contribution in [0.3, 0.4) is 0 Å². The van der Waals surface area contributed by atoms with Gasteiger partial charge in [0.15, 0.2) is 5.82 Å². The molecule has 0 spiro atoms. The molecule has 1 fully saturated rings. The third-order valence-corrected chi connectivity index (χ3v) is 4.27. The minimum Gasteiger partial charge on any atom is -0.361 e. The molecule has 21 heavy (non-hydrogen) atoms. The third kappa shape index (κ3) is 4.30. The molecule has 1 aliphatic carbocycles. The Balaban J connectivity index is 2.11. The Morgan fingerprint density at radius 3 is 2.71 bits per heavy atom. The zero-order chi connectivity index (χ0) is 15.2. The summed E-state index contributed by atoms with van der Waals surface area (Å²) in [6, 6.07) is 0.153. The molecule has 0 saturated heterocycles. The monoisotopic (exact) mass is 292 g/mol. The lowest BCUT2D eigenvalue weighted by molar-refractivity contribution is 0.320. The van der Waals surface area contributed by atoms with Crippen LogP contribution >= 0.6 is 0 Å². The van der Waals surface area contributed by atoms with E-state index in [1.807, 2.05) is 0 Å². The summed E-state index contributed by atoms with van der Waals surface area (Å²) in [5.41, 5.74) is 5.88. The molecule has 0 aliphatic heterocycles. The topological polar surface area (TPSA) is 72.9 Å². The van der Waals surface area contributed by atoms with Gasteiger partial charge in [0.1, 0.15) is 0 Å². The molecule has 118 valence electrons. The van der Waals surface area contributed by atoms with Gasteiger partial charge in [-0.3, -0.25) is 4.79 Å². The summed E-state index contributed by atoms with van der Waals surface area (Å²) in [7, 11) is 0. The molecular weight excluding hydrogens is 264 g/mol. The highest BCUT2D eigenvalue weighted by Gasteiger charge is 2.23. The highest BCUT2D eigenvalue weighted by atomic mass is 16.1. The largest absolute Gasteiger partial charge is 0.361 e. The van der Waals surface area contributed by atoms with Crippen LogP contribution in [0.15, 0.2) is 17.2 Å². The minimum absolute atomic E-state index is 0.0412. The maximum absolute atomic E-state index is 12.4. The minimum atomic E-state index is -0.0412. The summed E-state index contributed by atoms with van der Waals surface area (Å²) in [5.74, 6) is 1.43. The number of nitrogens with one attached hydrogen (secondary N) is 1. The zero-order valence-corrected chi connectivity index (χ0v) is 13.2. The summed E-state index contributed by atoms with van der Waals surface area (Å²) in [6.45, 7) is 5.47. The van der Waals surface area contributed by atoms with Crippen molar-refractivity contribution in [3.05, 3.63) is 22.7 Å². The molecule has 1 aromatic rings. The number of nitrogens with zero attached hydrogens (tertiary/aromatic N) is 2. The molecule has 1 heterocycles. The van der Waals surface area contributed by atoms with Gasteiger partial charge in [0, 0.05) is 31.5 Å². The second-order valence-electron chi connectivity index (χ2n) is 6.51. The number of nitrogens with two attached hydrogens (primary N) is 1. The van der Waals surface area contributed by atoms with Gasteiger partial charge in [0.25, 0.3) is 5.56 Å². The predicted molar refractivity (Wildman–Crippen MR) is 86.4 cm³/mol. The summed E-state index contributed by atoms with van der Waals surface area (Å²) in [4.78, 5) is 16.7. The number of hydrogen-bond donors (Lipinski definition) is 2. The SMILES string of the molecule is CC(C)Cn1ccnc(NC(CN)C2CCCCC2)c1=O. The van der Waals surface area contributed by atoms with Crippen molar-refractivity contribution in [2.24, 2.45) is 17.6 Å². The fourth-order valence-electron chi connectivity index (χ4n) is 3.16. The Hall–Kier alpha value is -1.36. The van der Waals surface area contributed by atoms with E-state index in [2.05, 4.69) is 24.1 Å². The molecule has 0 aromatic carbocycles. The zero-order valence-electron chi connectivity index (χ0n) is 13.2. The number of rotatable bonds is 6. The molecule has 0 bridgehead atoms. The Labute approximate surface area is 127 Å². The fourth-order valence-corrected chi connectivity index (χ4v) is 3.16. The Kier molecular flexibility index (Phi) is 5.79. The molecule has 1 saturated carbocycles. The van der Waals surface area contributed by atoms with E-state index >= 15 is 0 Å². The Bertz CT molecular complexity index is 491. The molecule has 3 N–H and O–H groups in total. The number of hydrogen-bond acceptors (Lipinski definition) is 4. The average molecular weight is 292 g/mol. The van der Waals surface area contributed by atoms with Crippen molar-refractivity contribution in [2.45, 2.75) is 58.5 Å². The molecule has 5 heteroatoms. The van der Waals surface area contributed by atoms with Crippen molar-refractivity contribution in [3.8, 4) is 0 Å². The van der Waals surface area contributed by atoms with Crippen LogP contribution in [-0.2, 0) is 6.54 Å². The van der Waals surface area contributed by atoms with Crippen LogP contribution in [0.5, 0.6) is 0 Å². The van der Waals surface area contributed by atoms with Gasteiger partial charge >= 0.3 is 0 Å². The van der Waals surface area contributed by atoms with E-state index in [-0.39, 0.29) is 11.6 Å². The maximum atomic E-state index is 12.4. The average Bonchev–Trinajstić information content (AvgIpc) is 2.48. The van der Waals surface area contributed by atoms with Gasteiger partial charge in [-0.25, -0.2) is 4.98 Å². The molecule has 0 radical (unpaired) electrons. The molecular formula is C16H28N4O. The second kappa shape index (κ2) is 7.59. The Morgan fingerprint density at radius 2 is 2.10 bits per heavy atom. The first-order valence-corrected chi connectivity index (χ1v) is 8.14. The predicted octanol–water partition coefficient (Wildman–Crippen LogP) is 2.22. The van der Waals surface area contributed by atoms with E-state index < -0.39 is 0 Å². The first-order chi connectivity index (χ1) is 10.1. The van der Waals surface area contributed by atoms with Crippen LogP contribution in [0, 0.1) is 11.8 Å². The van der Waals surface area contributed by atoms with Gasteiger partial charge in [-0.1, -0.05) is 33.1 Å². The standard InChI is InChI=1S/C16H28N4O/c1-12(2)11-20-9-8-18-15(16(20)21)19-14(10-17)13-6-4-3-5-7-13/h8-9,12-14H,3-7,10-11,17H2,1-2H3,(H,18,19). The van der Waals surface area contributed by atoms with Gasteiger partial charge in [0.05, 0.1) is 0 Å². The quantitative estimate of drug-likeness (QED) is 0.843. The number of anilines is 1. The molecule has 1 aliphatic rings. The van der Waals surface area contributed by atoms with E-state index in [0.717, 1.165) is 0 Å². The van der Waals surface area contributed by atoms with Crippen LogP contribution in [0.1, 0.15) is 46.0 Å². The highest BCUT2D eigenvalue weighted by molar-refractivity contribution is 5.32. The normalized spacial score (nSPS) is 17.9. The third-order valence-electron chi connectivity index (χ3n) is 4.27. The van der Waals surface area contributed by atoms with E-state index in [0.29, 0.717) is 30.7 Å². The molecule has 1 unspecified atom stereocenters. The first kappa shape index (κ1) is 16.0. The summed E-state index contributed by atoms with van der Waals surface area (Å²) >= 11 is 0. The van der Waals surface area contributed by atoms with E-state index in [1.165, 1.54) is 32.1 Å². The van der Waals surface area contributed by atoms with E-state index in [1.54, 1.807) is 17.0 Å². The van der Waals surface area contributed by atoms with Crippen LogP contribution in [0.4, 0.5) is 5.82 Å². The van der Waals surface area contributed by atoms with Crippen LogP contribution in [-0.4, -0.2) is 22.1 Å². The van der Waals surface area contributed by atoms with Crippen molar-refractivity contribution < 1.29 is 0 Å². The summed E-state index contributed by atoms with van der Waals surface area (Å²) in [6.07, 6.45) is 9.69. The molecule has 1 aromatic heterocycles. The first-order valence-electron chi connectivity index (χ1n) is 8.14. The van der Waals surface area contributed by atoms with Gasteiger partial charge in [-0.2, -0.15) is 0 Å². The maximum Gasteiger partial charge on any atom is 0.293 e. The van der Waals surface area contributed by atoms with Crippen molar-refractivity contribution >= 4 is 5.82 Å². The van der Waals surface area contributed by atoms with Crippen molar-refractivity contribution in [3.63, 3.8) is 0 Å². The fraction of sp³-hybridized carbons (Fsp3) is 0.750. The summed E-state index contributed by atoms with van der Waals surface area (Å²) in [5, 5.41) is 3.31. The molecule has 0 amide bonds. The molecule has 5 nitrogen and oxygen atoms in total. The van der Waals surface area contributed by atoms with Crippen LogP contribution in [0.25, 0.3) is 0 Å². The summed E-state index contributed by atoms with van der Waals surface area (Å²) < 4.78 is 1.73. The van der Waals surface area contributed by atoms with Crippen molar-refractivity contribution in [1.82, 2.24) is 9.55 Å². The lowest BCUT2D eigenvalue weighted by atomic mass is 9.84. The van der Waals surface area contributed by atoms with Crippen molar-refractivity contribution in [2.75, 3.05) is 11.9 Å². The van der Waals surface area contributed by atoms with Gasteiger partial charge in [-0.05, 0) is 24.7 Å². The number of aromatic nitrogens is 2. The van der Waals surface area contributed by atoms with Crippen LogP contribution < -0.4 is 16.6 Å². The second-order valence-corrected chi connectivity index (χ2v) is 6.51. The molecule has 2 rings (SSSR count). The van der Waals surface area contributed by atoms with Gasteiger partial charge in [0.2, 0.25) is 0 Å². The lowest BCUT2D eigenvalue weighted by Crippen LogP contribution is -2.40. The molecule has 1 atom stereocenters. The van der Waals surface area contributed by atoms with E-state index in [9.17, 15) is 4.79 Å². The van der Waals surface area contributed by atoms with Crippen molar-refractivity contribution in [1.29, 1.82) is 0 Å². The van der Waals surface area contributed by atoms with Crippen LogP contribution in [0.2, 0.25) is 0 Å². The Morgan fingerprint density at radius 1 is 1.38 bits per heavy atom. The van der Waals surface area contributed by atoms with Gasteiger partial charge < -0.3 is 15.6 Å². The smallest absolute Gasteiger partial charge is 0.293 e. The highest BCUT2D eigenvalue weighted by Crippen LogP contribution is 2.27. The van der Waals surface area contributed by atoms with E-state index in [4.69, 9.17) is 5.73 Å². The van der Waals surface area contributed by atoms with Gasteiger partial charge in [-0.15, -0.1) is 0 Å².